The third-order valence-electron chi connectivity index (χ3n) is 3.01. The van der Waals surface area contributed by atoms with Gasteiger partial charge in [0.2, 0.25) is 0 Å². The van der Waals surface area contributed by atoms with Crippen LogP contribution in [0.5, 0.6) is 0 Å². The summed E-state index contributed by atoms with van der Waals surface area (Å²) < 4.78 is 0. The lowest BCUT2D eigenvalue weighted by Gasteiger charge is -2.13. The maximum Gasteiger partial charge on any atom is 0.0860 e. The number of rotatable bonds is 4. The Morgan fingerprint density at radius 3 is 2.63 bits per heavy atom. The number of aliphatic hydroxyl groups excluding tert-OH is 1. The van der Waals surface area contributed by atoms with E-state index in [-0.39, 0.29) is 0 Å². The van der Waals surface area contributed by atoms with Crippen molar-refractivity contribution in [1.82, 2.24) is 4.98 Å². The first-order valence-electron chi connectivity index (χ1n) is 6.17. The quantitative estimate of drug-likeness (QED) is 0.916. The van der Waals surface area contributed by atoms with Crippen LogP contribution < -0.4 is 0 Å². The zero-order chi connectivity index (χ0) is 13.8. The SMILES string of the molecule is CCc1ccc(CC(O)c2cc(Cl)ccc2Cl)nc1. The lowest BCUT2D eigenvalue weighted by Crippen LogP contribution is -2.04. The van der Waals surface area contributed by atoms with Gasteiger partial charge in [-0.25, -0.2) is 0 Å². The average molecular weight is 296 g/mol. The molecule has 0 amide bonds. The van der Waals surface area contributed by atoms with Gasteiger partial charge in [0.1, 0.15) is 0 Å². The van der Waals surface area contributed by atoms with Gasteiger partial charge in [0.25, 0.3) is 0 Å². The molecule has 1 aromatic carbocycles. The molecular weight excluding hydrogens is 281 g/mol. The molecule has 0 aliphatic rings. The fourth-order valence-electron chi connectivity index (χ4n) is 1.86. The van der Waals surface area contributed by atoms with Gasteiger partial charge in [-0.2, -0.15) is 0 Å². The van der Waals surface area contributed by atoms with E-state index in [0.717, 1.165) is 12.1 Å². The van der Waals surface area contributed by atoms with Crippen LogP contribution in [0.25, 0.3) is 0 Å². The van der Waals surface area contributed by atoms with Gasteiger partial charge in [-0.3, -0.25) is 4.98 Å². The standard InChI is InChI=1S/C15H15Cl2NO/c1-2-10-3-5-12(18-9-10)8-15(19)13-7-11(16)4-6-14(13)17/h3-7,9,15,19H,2,8H2,1H3. The van der Waals surface area contributed by atoms with E-state index in [1.54, 1.807) is 18.2 Å². The van der Waals surface area contributed by atoms with Crippen LogP contribution in [0.1, 0.15) is 29.8 Å². The van der Waals surface area contributed by atoms with Crippen molar-refractivity contribution in [2.24, 2.45) is 0 Å². The normalized spacial score (nSPS) is 12.4. The second kappa shape index (κ2) is 6.38. The molecule has 2 rings (SSSR count). The zero-order valence-electron chi connectivity index (χ0n) is 10.6. The molecule has 100 valence electrons. The van der Waals surface area contributed by atoms with Gasteiger partial charge in [0.05, 0.1) is 6.10 Å². The molecule has 1 atom stereocenters. The van der Waals surface area contributed by atoms with Crippen molar-refractivity contribution in [3.05, 3.63) is 63.4 Å². The van der Waals surface area contributed by atoms with Crippen LogP contribution in [0.3, 0.4) is 0 Å². The average Bonchev–Trinajstić information content (AvgIpc) is 2.42. The number of aromatic nitrogens is 1. The second-order valence-electron chi connectivity index (χ2n) is 4.40. The Kier molecular flexibility index (Phi) is 4.81. The van der Waals surface area contributed by atoms with E-state index in [0.29, 0.717) is 22.0 Å². The van der Waals surface area contributed by atoms with Gasteiger partial charge in [-0.15, -0.1) is 0 Å². The van der Waals surface area contributed by atoms with Crippen molar-refractivity contribution in [2.45, 2.75) is 25.9 Å². The minimum atomic E-state index is -0.703. The highest BCUT2D eigenvalue weighted by atomic mass is 35.5. The van der Waals surface area contributed by atoms with E-state index in [1.807, 2.05) is 18.3 Å². The number of halogens is 2. The van der Waals surface area contributed by atoms with Gasteiger partial charge in [-0.05, 0) is 36.2 Å². The molecule has 1 heterocycles. The van der Waals surface area contributed by atoms with Gasteiger partial charge in [0, 0.05) is 33.9 Å². The van der Waals surface area contributed by atoms with Gasteiger partial charge in [-0.1, -0.05) is 36.2 Å². The molecule has 19 heavy (non-hydrogen) atoms. The number of aryl methyl sites for hydroxylation is 1. The number of pyridine rings is 1. The predicted molar refractivity (Wildman–Crippen MR) is 78.7 cm³/mol. The fourth-order valence-corrected chi connectivity index (χ4v) is 2.29. The molecule has 2 aromatic rings. The highest BCUT2D eigenvalue weighted by Gasteiger charge is 2.13. The van der Waals surface area contributed by atoms with Crippen LogP contribution in [0.2, 0.25) is 10.0 Å². The minimum absolute atomic E-state index is 0.421. The van der Waals surface area contributed by atoms with Gasteiger partial charge in [0.15, 0.2) is 0 Å². The molecule has 2 nitrogen and oxygen atoms in total. The van der Waals surface area contributed by atoms with Gasteiger partial charge >= 0.3 is 0 Å². The molecule has 0 fully saturated rings. The topological polar surface area (TPSA) is 33.1 Å². The van der Waals surface area contributed by atoms with Crippen LogP contribution in [-0.2, 0) is 12.8 Å². The number of benzene rings is 1. The Balaban J connectivity index is 2.15. The summed E-state index contributed by atoms with van der Waals surface area (Å²) in [5.74, 6) is 0. The minimum Gasteiger partial charge on any atom is -0.388 e. The van der Waals surface area contributed by atoms with Crippen molar-refractivity contribution in [1.29, 1.82) is 0 Å². The van der Waals surface area contributed by atoms with E-state index in [9.17, 15) is 5.11 Å². The van der Waals surface area contributed by atoms with E-state index < -0.39 is 6.10 Å². The first kappa shape index (κ1) is 14.3. The maximum absolute atomic E-state index is 10.2. The molecule has 0 aliphatic heterocycles. The summed E-state index contributed by atoms with van der Waals surface area (Å²) in [6, 6.07) is 9.04. The Bertz CT molecular complexity index is 555. The molecule has 0 saturated heterocycles. The Morgan fingerprint density at radius 1 is 1.21 bits per heavy atom. The lowest BCUT2D eigenvalue weighted by molar-refractivity contribution is 0.177. The molecule has 0 bridgehead atoms. The second-order valence-corrected chi connectivity index (χ2v) is 5.24. The summed E-state index contributed by atoms with van der Waals surface area (Å²) in [7, 11) is 0. The summed E-state index contributed by atoms with van der Waals surface area (Å²) in [5, 5.41) is 11.3. The van der Waals surface area contributed by atoms with Crippen molar-refractivity contribution in [3.8, 4) is 0 Å². The summed E-state index contributed by atoms with van der Waals surface area (Å²) in [4.78, 5) is 4.33. The van der Waals surface area contributed by atoms with Gasteiger partial charge < -0.3 is 5.11 Å². The summed E-state index contributed by atoms with van der Waals surface area (Å²) in [6.07, 6.45) is 2.51. The van der Waals surface area contributed by atoms with Crippen LogP contribution >= 0.6 is 23.2 Å². The lowest BCUT2D eigenvalue weighted by atomic mass is 10.0. The van der Waals surface area contributed by atoms with E-state index >= 15 is 0 Å². The molecule has 1 N–H and O–H groups in total. The molecule has 4 heteroatoms. The highest BCUT2D eigenvalue weighted by molar-refractivity contribution is 6.33. The largest absolute Gasteiger partial charge is 0.388 e. The summed E-state index contributed by atoms with van der Waals surface area (Å²) in [5.41, 5.74) is 2.65. The number of nitrogens with zero attached hydrogens (tertiary/aromatic N) is 1. The Labute approximate surface area is 123 Å². The molecule has 1 aromatic heterocycles. The predicted octanol–water partition coefficient (Wildman–Crippen LogP) is 4.23. The van der Waals surface area contributed by atoms with E-state index in [2.05, 4.69) is 11.9 Å². The van der Waals surface area contributed by atoms with Crippen molar-refractivity contribution in [2.75, 3.05) is 0 Å². The first-order chi connectivity index (χ1) is 9.10. The smallest absolute Gasteiger partial charge is 0.0860 e. The van der Waals surface area contributed by atoms with Crippen molar-refractivity contribution < 1.29 is 5.11 Å². The fraction of sp³-hybridized carbons (Fsp3) is 0.267. The molecular formula is C15H15Cl2NO. The molecule has 0 spiro atoms. The number of aliphatic hydroxyl groups is 1. The van der Waals surface area contributed by atoms with Crippen molar-refractivity contribution >= 4 is 23.2 Å². The molecule has 0 aliphatic carbocycles. The summed E-state index contributed by atoms with van der Waals surface area (Å²) >= 11 is 12.0. The third kappa shape index (κ3) is 3.69. The Morgan fingerprint density at radius 2 is 2.00 bits per heavy atom. The molecule has 0 radical (unpaired) electrons. The van der Waals surface area contributed by atoms with Crippen LogP contribution in [0, 0.1) is 0 Å². The van der Waals surface area contributed by atoms with Crippen LogP contribution in [0.4, 0.5) is 0 Å². The van der Waals surface area contributed by atoms with E-state index in [1.165, 1.54) is 5.56 Å². The van der Waals surface area contributed by atoms with E-state index in [4.69, 9.17) is 23.2 Å². The molecule has 1 unspecified atom stereocenters. The molecule has 0 saturated carbocycles. The van der Waals surface area contributed by atoms with Crippen LogP contribution in [0.15, 0.2) is 36.5 Å². The number of hydrogen-bond acceptors (Lipinski definition) is 2. The summed E-state index contributed by atoms with van der Waals surface area (Å²) in [6.45, 7) is 2.08. The zero-order valence-corrected chi connectivity index (χ0v) is 12.1. The number of hydrogen-bond donors (Lipinski definition) is 1. The maximum atomic E-state index is 10.2. The Hall–Kier alpha value is -1.09. The third-order valence-corrected chi connectivity index (χ3v) is 3.59. The first-order valence-corrected chi connectivity index (χ1v) is 6.92. The van der Waals surface area contributed by atoms with Crippen LogP contribution in [-0.4, -0.2) is 10.1 Å². The van der Waals surface area contributed by atoms with Crippen molar-refractivity contribution in [3.63, 3.8) is 0 Å². The monoisotopic (exact) mass is 295 g/mol. The highest BCUT2D eigenvalue weighted by Crippen LogP contribution is 2.28.